The molecular formula is C22H21ClF3N5O3. The highest BCUT2D eigenvalue weighted by Crippen LogP contribution is 2.41. The normalized spacial score (nSPS) is 25.2. The highest BCUT2D eigenvalue weighted by Gasteiger charge is 2.42. The number of aromatic nitrogens is 3. The number of rotatable bonds is 5. The van der Waals surface area contributed by atoms with E-state index in [0.29, 0.717) is 47.1 Å². The Morgan fingerprint density at radius 1 is 1.18 bits per heavy atom. The fourth-order valence-electron chi connectivity index (χ4n) is 4.32. The van der Waals surface area contributed by atoms with E-state index in [-0.39, 0.29) is 36.8 Å². The number of hydrogen-bond donors (Lipinski definition) is 2. The minimum absolute atomic E-state index is 0.124. The van der Waals surface area contributed by atoms with Gasteiger partial charge in [-0.1, -0.05) is 29.8 Å². The molecule has 1 aliphatic heterocycles. The van der Waals surface area contributed by atoms with Gasteiger partial charge in [-0.3, -0.25) is 14.5 Å². The van der Waals surface area contributed by atoms with Crippen LogP contribution in [0.4, 0.5) is 13.2 Å². The Morgan fingerprint density at radius 2 is 1.94 bits per heavy atom. The summed E-state index contributed by atoms with van der Waals surface area (Å²) in [6.45, 7) is 0.484. The lowest BCUT2D eigenvalue weighted by atomic mass is 9.82. The number of benzene rings is 1. The van der Waals surface area contributed by atoms with E-state index in [4.69, 9.17) is 16.0 Å². The van der Waals surface area contributed by atoms with Crippen LogP contribution in [-0.2, 0) is 4.74 Å². The van der Waals surface area contributed by atoms with Crippen molar-refractivity contribution in [3.63, 3.8) is 0 Å². The molecule has 8 nitrogen and oxygen atoms in total. The molecule has 2 atom stereocenters. The molecule has 2 N–H and O–H groups in total. The minimum Gasteiger partial charge on any atom is -0.423 e. The van der Waals surface area contributed by atoms with Crippen LogP contribution in [0.3, 0.4) is 0 Å². The van der Waals surface area contributed by atoms with Crippen molar-refractivity contribution < 1.29 is 27.1 Å². The molecule has 34 heavy (non-hydrogen) atoms. The second kappa shape index (κ2) is 9.12. The molecule has 0 unspecified atom stereocenters. The Bertz CT molecular complexity index is 1190. The summed E-state index contributed by atoms with van der Waals surface area (Å²) in [5.74, 6) is 0.188. The fourth-order valence-corrected chi connectivity index (χ4v) is 4.62. The molecular weight excluding hydrogens is 475 g/mol. The number of carbonyl (C=O) groups is 1. The van der Waals surface area contributed by atoms with Crippen molar-refractivity contribution >= 4 is 28.4 Å². The number of nitrogens with one attached hydrogen (secondary N) is 2. The van der Waals surface area contributed by atoms with Gasteiger partial charge in [0, 0.05) is 30.1 Å². The van der Waals surface area contributed by atoms with E-state index in [2.05, 4.69) is 30.6 Å². The number of carbonyl (C=O) groups excluding carboxylic acids is 1. The van der Waals surface area contributed by atoms with E-state index in [1.165, 1.54) is 6.20 Å². The maximum Gasteiger partial charge on any atom is 0.522 e. The van der Waals surface area contributed by atoms with Crippen LogP contribution in [0.25, 0.3) is 10.9 Å². The predicted molar refractivity (Wildman–Crippen MR) is 115 cm³/mol. The van der Waals surface area contributed by atoms with Gasteiger partial charge in [-0.15, -0.1) is 23.4 Å². The Hall–Kier alpha value is -2.76. The summed E-state index contributed by atoms with van der Waals surface area (Å²) in [5, 5.41) is 15.4. The van der Waals surface area contributed by atoms with E-state index < -0.39 is 12.5 Å². The summed E-state index contributed by atoms with van der Waals surface area (Å²) in [6, 6.07) is 7.03. The van der Waals surface area contributed by atoms with Gasteiger partial charge < -0.3 is 15.1 Å². The molecule has 2 aromatic heterocycles. The van der Waals surface area contributed by atoms with E-state index in [1.807, 2.05) is 24.3 Å². The third-order valence-corrected chi connectivity index (χ3v) is 6.61. The molecule has 0 radical (unpaired) electrons. The lowest BCUT2D eigenvalue weighted by Gasteiger charge is -2.33. The van der Waals surface area contributed by atoms with E-state index in [1.54, 1.807) is 0 Å². The predicted octanol–water partition coefficient (Wildman–Crippen LogP) is 4.28. The number of halogens is 4. The number of para-hydroxylation sites is 1. The Kier molecular flexibility index (Phi) is 6.17. The number of nitrogens with zero attached hydrogens (tertiary/aromatic N) is 3. The second-order valence-electron chi connectivity index (χ2n) is 8.54. The van der Waals surface area contributed by atoms with Crippen LogP contribution in [0.15, 0.2) is 34.9 Å². The standard InChI is InChI=1S/C22H21ClF3N5O3/c23-18-14-3-1-2-4-16(14)28-10-15(18)19(32)29-12-5-6-17(27-9-12)21-31-30-20(33-21)11-7-13(8-11)34-22(24,25)26/h1-4,10-13,17,27H,5-9H2,(H,29,32)/t11?,12-,13?,17+/m1/s1. The lowest BCUT2D eigenvalue weighted by molar-refractivity contribution is -0.352. The molecule has 0 bridgehead atoms. The average molecular weight is 496 g/mol. The van der Waals surface area contributed by atoms with Crippen LogP contribution in [0.1, 0.15) is 59.8 Å². The molecule has 1 amide bonds. The number of alkyl halides is 3. The van der Waals surface area contributed by atoms with Crippen molar-refractivity contribution in [1.82, 2.24) is 25.8 Å². The zero-order chi connectivity index (χ0) is 23.9. The first-order valence-electron chi connectivity index (χ1n) is 10.9. The first-order chi connectivity index (χ1) is 16.3. The first kappa shape index (κ1) is 23.0. The Morgan fingerprint density at radius 3 is 2.68 bits per heavy atom. The largest absolute Gasteiger partial charge is 0.522 e. The summed E-state index contributed by atoms with van der Waals surface area (Å²) in [4.78, 5) is 17.1. The van der Waals surface area contributed by atoms with Crippen LogP contribution in [0, 0.1) is 0 Å². The van der Waals surface area contributed by atoms with Crippen molar-refractivity contribution in [3.05, 3.63) is 52.8 Å². The fraction of sp³-hybridized carbons (Fsp3) is 0.455. The van der Waals surface area contributed by atoms with Crippen LogP contribution >= 0.6 is 11.6 Å². The quantitative estimate of drug-likeness (QED) is 0.544. The topological polar surface area (TPSA) is 102 Å². The van der Waals surface area contributed by atoms with Crippen LogP contribution in [0.2, 0.25) is 5.02 Å². The molecule has 180 valence electrons. The summed E-state index contributed by atoms with van der Waals surface area (Å²) < 4.78 is 46.5. The highest BCUT2D eigenvalue weighted by molar-refractivity contribution is 6.38. The van der Waals surface area contributed by atoms with Gasteiger partial charge in [0.25, 0.3) is 5.91 Å². The molecule has 5 rings (SSSR count). The summed E-state index contributed by atoms with van der Waals surface area (Å²) in [7, 11) is 0. The van der Waals surface area contributed by atoms with Gasteiger partial charge in [0.05, 0.1) is 28.2 Å². The minimum atomic E-state index is -4.64. The van der Waals surface area contributed by atoms with E-state index in [0.717, 1.165) is 5.52 Å². The maximum atomic E-state index is 12.8. The molecule has 1 saturated carbocycles. The number of amides is 1. The lowest BCUT2D eigenvalue weighted by Crippen LogP contribution is -2.46. The molecule has 1 aliphatic carbocycles. The molecule has 3 heterocycles. The zero-order valence-electron chi connectivity index (χ0n) is 17.8. The van der Waals surface area contributed by atoms with Crippen molar-refractivity contribution in [1.29, 1.82) is 0 Å². The van der Waals surface area contributed by atoms with Crippen LogP contribution < -0.4 is 10.6 Å². The van der Waals surface area contributed by atoms with Gasteiger partial charge in [-0.05, 0) is 31.7 Å². The van der Waals surface area contributed by atoms with Gasteiger partial charge in [0.15, 0.2) is 0 Å². The van der Waals surface area contributed by atoms with Gasteiger partial charge in [-0.2, -0.15) is 0 Å². The van der Waals surface area contributed by atoms with Gasteiger partial charge >= 0.3 is 6.36 Å². The number of piperidine rings is 1. The second-order valence-corrected chi connectivity index (χ2v) is 8.92. The molecule has 12 heteroatoms. The molecule has 1 aromatic carbocycles. The Labute approximate surface area is 197 Å². The molecule has 0 spiro atoms. The number of fused-ring (bicyclic) bond motifs is 1. The van der Waals surface area contributed by atoms with Crippen molar-refractivity contribution in [3.8, 4) is 0 Å². The van der Waals surface area contributed by atoms with E-state index >= 15 is 0 Å². The summed E-state index contributed by atoms with van der Waals surface area (Å²) >= 11 is 6.43. The third-order valence-electron chi connectivity index (χ3n) is 6.20. The van der Waals surface area contributed by atoms with E-state index in [9.17, 15) is 18.0 Å². The van der Waals surface area contributed by atoms with Crippen molar-refractivity contribution in [2.45, 2.75) is 56.2 Å². The number of hydrogen-bond acceptors (Lipinski definition) is 7. The molecule has 2 aliphatic rings. The van der Waals surface area contributed by atoms with Crippen molar-refractivity contribution in [2.24, 2.45) is 0 Å². The number of pyridine rings is 1. The van der Waals surface area contributed by atoms with Gasteiger partial charge in [0.2, 0.25) is 11.8 Å². The van der Waals surface area contributed by atoms with Crippen LogP contribution in [-0.4, -0.2) is 46.1 Å². The van der Waals surface area contributed by atoms with Gasteiger partial charge in [0.1, 0.15) is 0 Å². The number of ether oxygens (including phenoxy) is 1. The molecule has 2 fully saturated rings. The zero-order valence-corrected chi connectivity index (χ0v) is 18.6. The SMILES string of the molecule is O=C(N[C@@H]1CC[C@@H](c2nnc(C3CC(OC(F)(F)F)C3)o2)NC1)c1cnc2ccccc2c1Cl. The monoisotopic (exact) mass is 495 g/mol. The molecule has 1 saturated heterocycles. The summed E-state index contributed by atoms with van der Waals surface area (Å²) in [5.41, 5.74) is 1.03. The van der Waals surface area contributed by atoms with Crippen molar-refractivity contribution in [2.75, 3.05) is 6.54 Å². The average Bonchev–Trinajstić information content (AvgIpc) is 3.26. The maximum absolute atomic E-state index is 12.8. The third kappa shape index (κ3) is 4.86. The Balaban J connectivity index is 1.13. The van der Waals surface area contributed by atoms with Crippen LogP contribution in [0.5, 0.6) is 0 Å². The molecule has 3 aromatic rings. The highest BCUT2D eigenvalue weighted by atomic mass is 35.5. The smallest absolute Gasteiger partial charge is 0.423 e. The van der Waals surface area contributed by atoms with Gasteiger partial charge in [-0.25, -0.2) is 0 Å². The first-order valence-corrected chi connectivity index (χ1v) is 11.3. The summed E-state index contributed by atoms with van der Waals surface area (Å²) in [6.07, 6.45) is -2.33.